The third-order valence-electron chi connectivity index (χ3n) is 5.84. The number of halogens is 2. The molecule has 0 bridgehead atoms. The first-order chi connectivity index (χ1) is 15.3. The molecule has 0 amide bonds. The van der Waals surface area contributed by atoms with Gasteiger partial charge < -0.3 is 25.0 Å². The smallest absolute Gasteiger partial charge is 0.341 e. The van der Waals surface area contributed by atoms with Gasteiger partial charge in [0, 0.05) is 30.9 Å². The predicted octanol–water partition coefficient (Wildman–Crippen LogP) is 4.26. The van der Waals surface area contributed by atoms with Crippen molar-refractivity contribution in [3.63, 3.8) is 0 Å². The fourth-order valence-corrected chi connectivity index (χ4v) is 4.48. The monoisotopic (exact) mass is 465 g/mol. The molecule has 0 radical (unpaired) electrons. The molecule has 3 N–H and O–H groups in total. The van der Waals surface area contributed by atoms with Crippen LogP contribution in [0.25, 0.3) is 10.9 Å². The van der Waals surface area contributed by atoms with Crippen molar-refractivity contribution in [2.75, 3.05) is 31.1 Å². The number of hydrogen-bond acceptors (Lipinski definition) is 5. The Morgan fingerprint density at radius 1 is 1.34 bits per heavy atom. The van der Waals surface area contributed by atoms with Crippen molar-refractivity contribution in [2.24, 2.45) is 5.73 Å². The molecule has 32 heavy (non-hydrogen) atoms. The van der Waals surface area contributed by atoms with Crippen LogP contribution in [0.2, 0.25) is 0 Å². The second-order valence-electron chi connectivity index (χ2n) is 7.73. The van der Waals surface area contributed by atoms with Crippen molar-refractivity contribution < 1.29 is 19.0 Å². The number of ether oxygens (including phenoxy) is 1. The SMILES string of the molecule is CC.C[C@H]1COc2c(N3CCC/C(=C(/Cl)CN)CC3)c(F)cc3c(=O)c(C(=O)O)cn1c23. The maximum absolute atomic E-state index is 15.3. The highest BCUT2D eigenvalue weighted by Crippen LogP contribution is 2.42. The summed E-state index contributed by atoms with van der Waals surface area (Å²) in [6.45, 7) is 7.53. The first kappa shape index (κ1) is 24.1. The van der Waals surface area contributed by atoms with Crippen LogP contribution in [0.5, 0.6) is 5.75 Å². The molecule has 0 saturated carbocycles. The number of carbonyl (C=O) groups is 1. The fraction of sp³-hybridized carbons (Fsp3) is 0.478. The number of benzene rings is 1. The maximum Gasteiger partial charge on any atom is 0.341 e. The Morgan fingerprint density at radius 2 is 2.06 bits per heavy atom. The number of nitrogens with two attached hydrogens (primary N) is 1. The lowest BCUT2D eigenvalue weighted by atomic mass is 10.1. The molecule has 1 atom stereocenters. The van der Waals surface area contributed by atoms with E-state index in [0.717, 1.165) is 24.5 Å². The van der Waals surface area contributed by atoms with Gasteiger partial charge in [0.2, 0.25) is 5.43 Å². The molecule has 1 saturated heterocycles. The maximum atomic E-state index is 15.3. The Kier molecular flexibility index (Phi) is 7.46. The zero-order valence-corrected chi connectivity index (χ0v) is 19.3. The topological polar surface area (TPSA) is 97.8 Å². The molecule has 1 aromatic heterocycles. The normalized spacial score (nSPS) is 19.6. The molecule has 1 fully saturated rings. The highest BCUT2D eigenvalue weighted by molar-refractivity contribution is 6.30. The van der Waals surface area contributed by atoms with Gasteiger partial charge in [0.05, 0.1) is 16.9 Å². The molecule has 0 spiro atoms. The molecule has 0 unspecified atom stereocenters. The molecule has 2 aliphatic rings. The van der Waals surface area contributed by atoms with Crippen LogP contribution in [0, 0.1) is 5.82 Å². The van der Waals surface area contributed by atoms with E-state index in [0.29, 0.717) is 35.7 Å². The summed E-state index contributed by atoms with van der Waals surface area (Å²) in [5, 5.41) is 10.1. The molecular weight excluding hydrogens is 437 g/mol. The van der Waals surface area contributed by atoms with Crippen molar-refractivity contribution >= 4 is 34.2 Å². The van der Waals surface area contributed by atoms with E-state index in [1.54, 1.807) is 4.57 Å². The van der Waals surface area contributed by atoms with Crippen LogP contribution in [0.4, 0.5) is 10.1 Å². The van der Waals surface area contributed by atoms with E-state index in [-0.39, 0.29) is 35.9 Å². The Labute approximate surface area is 191 Å². The molecule has 9 heteroatoms. The molecule has 1 aromatic carbocycles. The van der Waals surface area contributed by atoms with E-state index < -0.39 is 17.2 Å². The number of carboxylic acids is 1. The van der Waals surface area contributed by atoms with Gasteiger partial charge in [-0.05, 0) is 32.3 Å². The van der Waals surface area contributed by atoms with E-state index in [1.807, 2.05) is 25.7 Å². The summed E-state index contributed by atoms with van der Waals surface area (Å²) in [5.41, 5.74) is 6.38. The second-order valence-corrected chi connectivity index (χ2v) is 8.19. The lowest BCUT2D eigenvalue weighted by Gasteiger charge is -2.32. The molecule has 2 aliphatic heterocycles. The Bertz CT molecular complexity index is 1130. The number of carboxylic acid groups (broad SMARTS) is 1. The van der Waals surface area contributed by atoms with Crippen LogP contribution >= 0.6 is 11.6 Å². The number of aromatic nitrogens is 1. The minimum Gasteiger partial charge on any atom is -0.487 e. The van der Waals surface area contributed by atoms with Crippen LogP contribution in [0.15, 0.2) is 27.7 Å². The van der Waals surface area contributed by atoms with Crippen molar-refractivity contribution in [3.05, 3.63) is 44.5 Å². The van der Waals surface area contributed by atoms with Crippen molar-refractivity contribution in [1.82, 2.24) is 4.57 Å². The molecule has 174 valence electrons. The standard InChI is InChI=1S/C21H23ClFN3O4.C2H6/c1-11-10-30-20-17-13(19(27)14(21(28)29)9-26(11)17)7-16(23)18(20)25-5-2-3-12(4-6-25)15(22)8-24;1-2/h7,9,11H,2-6,8,10,24H2,1H3,(H,28,29);1-2H3/b15-12-;/t11-;/m0./s1. The number of pyridine rings is 1. The van der Waals surface area contributed by atoms with Gasteiger partial charge in [0.1, 0.15) is 17.9 Å². The average Bonchev–Trinajstić information content (AvgIpc) is 3.04. The summed E-state index contributed by atoms with van der Waals surface area (Å²) in [4.78, 5) is 26.1. The quantitative estimate of drug-likeness (QED) is 0.702. The van der Waals surface area contributed by atoms with E-state index in [4.69, 9.17) is 22.1 Å². The van der Waals surface area contributed by atoms with Crippen LogP contribution in [-0.2, 0) is 0 Å². The Morgan fingerprint density at radius 3 is 2.72 bits per heavy atom. The number of anilines is 1. The largest absolute Gasteiger partial charge is 0.487 e. The minimum absolute atomic E-state index is 0.0132. The third kappa shape index (κ3) is 4.21. The number of rotatable bonds is 3. The molecule has 3 heterocycles. The number of nitrogens with zero attached hydrogens (tertiary/aromatic N) is 2. The lowest BCUT2D eigenvalue weighted by Crippen LogP contribution is -2.30. The lowest BCUT2D eigenvalue weighted by molar-refractivity contribution is 0.0694. The van der Waals surface area contributed by atoms with Gasteiger partial charge in [-0.2, -0.15) is 0 Å². The minimum atomic E-state index is -1.33. The summed E-state index contributed by atoms with van der Waals surface area (Å²) in [7, 11) is 0. The summed E-state index contributed by atoms with van der Waals surface area (Å²) < 4.78 is 22.9. The summed E-state index contributed by atoms with van der Waals surface area (Å²) >= 11 is 6.23. The second kappa shape index (κ2) is 9.92. The van der Waals surface area contributed by atoms with Gasteiger partial charge in [-0.25, -0.2) is 9.18 Å². The van der Waals surface area contributed by atoms with Crippen LogP contribution < -0.4 is 20.8 Å². The van der Waals surface area contributed by atoms with E-state index in [9.17, 15) is 14.7 Å². The predicted molar refractivity (Wildman–Crippen MR) is 125 cm³/mol. The zero-order chi connectivity index (χ0) is 23.6. The van der Waals surface area contributed by atoms with Gasteiger partial charge in [0.15, 0.2) is 11.6 Å². The summed E-state index contributed by atoms with van der Waals surface area (Å²) in [6.07, 6.45) is 3.56. The summed E-state index contributed by atoms with van der Waals surface area (Å²) in [5.74, 6) is -1.65. The van der Waals surface area contributed by atoms with E-state index in [2.05, 4.69) is 0 Å². The van der Waals surface area contributed by atoms with Gasteiger partial charge in [0.25, 0.3) is 0 Å². The molecule has 7 nitrogen and oxygen atoms in total. The Balaban J connectivity index is 0.00000141. The summed E-state index contributed by atoms with van der Waals surface area (Å²) in [6, 6.07) is 0.939. The van der Waals surface area contributed by atoms with E-state index >= 15 is 4.39 Å². The van der Waals surface area contributed by atoms with Crippen LogP contribution in [0.3, 0.4) is 0 Å². The van der Waals surface area contributed by atoms with Gasteiger partial charge in [-0.15, -0.1) is 0 Å². The first-order valence-electron chi connectivity index (χ1n) is 10.9. The number of aromatic carboxylic acids is 1. The zero-order valence-electron chi connectivity index (χ0n) is 18.6. The Hall–Kier alpha value is -2.58. The number of hydrogen-bond donors (Lipinski definition) is 2. The van der Waals surface area contributed by atoms with Crippen molar-refractivity contribution in [2.45, 2.75) is 46.1 Å². The van der Waals surface area contributed by atoms with Gasteiger partial charge in [-0.3, -0.25) is 4.79 Å². The molecular formula is C23H29ClFN3O4. The third-order valence-corrected chi connectivity index (χ3v) is 6.26. The highest BCUT2D eigenvalue weighted by atomic mass is 35.5. The molecule has 0 aliphatic carbocycles. The average molecular weight is 466 g/mol. The first-order valence-corrected chi connectivity index (χ1v) is 11.3. The highest BCUT2D eigenvalue weighted by Gasteiger charge is 2.30. The van der Waals surface area contributed by atoms with Gasteiger partial charge >= 0.3 is 5.97 Å². The van der Waals surface area contributed by atoms with E-state index in [1.165, 1.54) is 6.20 Å². The van der Waals surface area contributed by atoms with Crippen molar-refractivity contribution in [1.29, 1.82) is 0 Å². The van der Waals surface area contributed by atoms with Gasteiger partial charge in [-0.1, -0.05) is 31.0 Å². The van der Waals surface area contributed by atoms with Crippen LogP contribution in [-0.4, -0.2) is 41.9 Å². The molecule has 4 rings (SSSR count). The fourth-order valence-electron chi connectivity index (χ4n) is 4.29. The van der Waals surface area contributed by atoms with Crippen LogP contribution in [0.1, 0.15) is 56.4 Å². The molecule has 2 aromatic rings. The van der Waals surface area contributed by atoms with Crippen molar-refractivity contribution in [3.8, 4) is 5.75 Å².